The van der Waals surface area contributed by atoms with Crippen LogP contribution < -0.4 is 4.74 Å². The zero-order chi connectivity index (χ0) is 17.7. The average molecular weight is 395 g/mol. The molecular weight excluding hydrogens is 368 g/mol. The summed E-state index contributed by atoms with van der Waals surface area (Å²) in [5.41, 5.74) is 0.892. The van der Waals surface area contributed by atoms with Crippen LogP contribution in [-0.4, -0.2) is 55.0 Å². The molecule has 132 valence electrons. The Kier molecular flexibility index (Phi) is 6.87. The number of likely N-dealkylation sites (tertiary alicyclic amines) is 1. The van der Waals surface area contributed by atoms with Gasteiger partial charge in [-0.1, -0.05) is 15.9 Å². The second-order valence-electron chi connectivity index (χ2n) is 6.53. The molecule has 0 radical (unpaired) electrons. The zero-order valence-electron chi connectivity index (χ0n) is 15.0. The van der Waals surface area contributed by atoms with Gasteiger partial charge in [-0.25, -0.2) is 0 Å². The molecule has 0 atom stereocenters. The van der Waals surface area contributed by atoms with E-state index in [1.165, 1.54) is 0 Å². The monoisotopic (exact) mass is 394 g/mol. The molecule has 0 unspecified atom stereocenters. The molecule has 1 heterocycles. The minimum atomic E-state index is 0.0417. The van der Waals surface area contributed by atoms with Gasteiger partial charge < -0.3 is 14.5 Å². The number of amides is 1. The van der Waals surface area contributed by atoms with Crippen molar-refractivity contribution in [1.29, 1.82) is 0 Å². The van der Waals surface area contributed by atoms with E-state index < -0.39 is 0 Å². The van der Waals surface area contributed by atoms with E-state index in [9.17, 15) is 4.79 Å². The summed E-state index contributed by atoms with van der Waals surface area (Å²) < 4.78 is 6.30. The Morgan fingerprint density at radius 2 is 2.04 bits per heavy atom. The predicted octanol–water partition coefficient (Wildman–Crippen LogP) is 3.80. The Bertz CT molecular complexity index is 593. The minimum Gasteiger partial charge on any atom is -0.496 e. The SMILES string of the molecule is COc1ccc(Br)cc1/C=C/C(=O)N(C)C1CCN(C(C)C)CC1. The standard InChI is InChI=1S/C19H27BrN2O2/c1-14(2)22-11-9-17(10-12-22)21(3)19(23)8-5-15-13-16(20)6-7-18(15)24-4/h5-8,13-14,17H,9-12H2,1-4H3/b8-5+. The molecule has 1 aliphatic heterocycles. The van der Waals surface area contributed by atoms with Crippen molar-refractivity contribution < 1.29 is 9.53 Å². The van der Waals surface area contributed by atoms with Crippen LogP contribution in [0.4, 0.5) is 0 Å². The van der Waals surface area contributed by atoms with Crippen molar-refractivity contribution in [2.45, 2.75) is 38.8 Å². The molecule has 1 aromatic carbocycles. The van der Waals surface area contributed by atoms with Gasteiger partial charge in [0, 0.05) is 48.3 Å². The number of halogens is 1. The summed E-state index contributed by atoms with van der Waals surface area (Å²) in [7, 11) is 3.54. The molecule has 0 aromatic heterocycles. The predicted molar refractivity (Wildman–Crippen MR) is 102 cm³/mol. The summed E-state index contributed by atoms with van der Waals surface area (Å²) in [6.45, 7) is 6.57. The largest absolute Gasteiger partial charge is 0.496 e. The van der Waals surface area contributed by atoms with Gasteiger partial charge in [0.1, 0.15) is 5.75 Å². The number of methoxy groups -OCH3 is 1. The molecule has 0 aliphatic carbocycles. The maximum atomic E-state index is 12.5. The third-order valence-electron chi connectivity index (χ3n) is 4.72. The van der Waals surface area contributed by atoms with Gasteiger partial charge in [0.2, 0.25) is 5.91 Å². The lowest BCUT2D eigenvalue weighted by atomic mass is 10.0. The van der Waals surface area contributed by atoms with E-state index in [0.29, 0.717) is 12.1 Å². The first-order valence-electron chi connectivity index (χ1n) is 8.45. The number of benzene rings is 1. The Morgan fingerprint density at radius 1 is 1.38 bits per heavy atom. The highest BCUT2D eigenvalue weighted by Crippen LogP contribution is 2.24. The number of carbonyl (C=O) groups excluding carboxylic acids is 1. The van der Waals surface area contributed by atoms with Crippen LogP contribution >= 0.6 is 15.9 Å². The lowest BCUT2D eigenvalue weighted by Gasteiger charge is -2.38. The summed E-state index contributed by atoms with van der Waals surface area (Å²) in [5.74, 6) is 0.801. The first-order valence-corrected chi connectivity index (χ1v) is 9.24. The van der Waals surface area contributed by atoms with E-state index >= 15 is 0 Å². The van der Waals surface area contributed by atoms with E-state index in [4.69, 9.17) is 4.74 Å². The molecule has 1 aliphatic rings. The zero-order valence-corrected chi connectivity index (χ0v) is 16.5. The van der Waals surface area contributed by atoms with Crippen LogP contribution in [0.3, 0.4) is 0 Å². The fraction of sp³-hybridized carbons (Fsp3) is 0.526. The number of carbonyl (C=O) groups is 1. The molecule has 1 amide bonds. The fourth-order valence-corrected chi connectivity index (χ4v) is 3.46. The van der Waals surface area contributed by atoms with E-state index in [1.54, 1.807) is 13.2 Å². The third-order valence-corrected chi connectivity index (χ3v) is 5.22. The van der Waals surface area contributed by atoms with Crippen LogP contribution in [0.1, 0.15) is 32.3 Å². The maximum Gasteiger partial charge on any atom is 0.246 e. The number of nitrogens with zero attached hydrogens (tertiary/aromatic N) is 2. The van der Waals surface area contributed by atoms with Crippen molar-refractivity contribution in [3.63, 3.8) is 0 Å². The molecular formula is C19H27BrN2O2. The van der Waals surface area contributed by atoms with Crippen molar-refractivity contribution in [3.8, 4) is 5.75 Å². The van der Waals surface area contributed by atoms with Crippen LogP contribution in [0, 0.1) is 0 Å². The Hall–Kier alpha value is -1.33. The topological polar surface area (TPSA) is 32.8 Å². The maximum absolute atomic E-state index is 12.5. The van der Waals surface area contributed by atoms with Crippen LogP contribution in [0.5, 0.6) is 5.75 Å². The number of piperidine rings is 1. The van der Waals surface area contributed by atoms with Gasteiger partial charge in [-0.05, 0) is 51.0 Å². The first-order chi connectivity index (χ1) is 11.4. The minimum absolute atomic E-state index is 0.0417. The highest BCUT2D eigenvalue weighted by molar-refractivity contribution is 9.10. The van der Waals surface area contributed by atoms with Gasteiger partial charge >= 0.3 is 0 Å². The molecule has 2 rings (SSSR count). The van der Waals surface area contributed by atoms with Crippen molar-refractivity contribution >= 4 is 27.9 Å². The second-order valence-corrected chi connectivity index (χ2v) is 7.45. The number of rotatable bonds is 5. The van der Waals surface area contributed by atoms with E-state index in [0.717, 1.165) is 41.7 Å². The molecule has 4 nitrogen and oxygen atoms in total. The number of likely N-dealkylation sites (N-methyl/N-ethyl adjacent to an activating group) is 1. The molecule has 1 fully saturated rings. The summed E-state index contributed by atoms with van der Waals surface area (Å²) in [5, 5.41) is 0. The Labute approximate surface area is 153 Å². The highest BCUT2D eigenvalue weighted by Gasteiger charge is 2.25. The van der Waals surface area contributed by atoms with Crippen LogP contribution in [0.25, 0.3) is 6.08 Å². The summed E-state index contributed by atoms with van der Waals surface area (Å²) in [6, 6.07) is 6.66. The van der Waals surface area contributed by atoms with Crippen LogP contribution in [-0.2, 0) is 4.79 Å². The number of hydrogen-bond donors (Lipinski definition) is 0. The molecule has 1 aromatic rings. The van der Waals surface area contributed by atoms with Gasteiger partial charge in [0.05, 0.1) is 7.11 Å². The molecule has 24 heavy (non-hydrogen) atoms. The Morgan fingerprint density at radius 3 is 2.62 bits per heavy atom. The van der Waals surface area contributed by atoms with Gasteiger partial charge in [0.15, 0.2) is 0 Å². The normalized spacial score (nSPS) is 16.8. The first kappa shape index (κ1) is 19.0. The number of hydrogen-bond acceptors (Lipinski definition) is 3. The summed E-state index contributed by atoms with van der Waals surface area (Å²) in [6.07, 6.45) is 5.54. The van der Waals surface area contributed by atoms with E-state index in [2.05, 4.69) is 34.7 Å². The van der Waals surface area contributed by atoms with Crippen LogP contribution in [0.2, 0.25) is 0 Å². The summed E-state index contributed by atoms with van der Waals surface area (Å²) in [4.78, 5) is 16.8. The van der Waals surface area contributed by atoms with Gasteiger partial charge in [-0.3, -0.25) is 4.79 Å². The van der Waals surface area contributed by atoms with E-state index in [-0.39, 0.29) is 5.91 Å². The van der Waals surface area contributed by atoms with Crippen molar-refractivity contribution in [1.82, 2.24) is 9.80 Å². The third kappa shape index (κ3) is 4.84. The van der Waals surface area contributed by atoms with Crippen LogP contribution in [0.15, 0.2) is 28.7 Å². The molecule has 0 bridgehead atoms. The lowest BCUT2D eigenvalue weighted by molar-refractivity contribution is -0.127. The Balaban J connectivity index is 1.98. The smallest absolute Gasteiger partial charge is 0.246 e. The molecule has 1 saturated heterocycles. The second kappa shape index (κ2) is 8.67. The van der Waals surface area contributed by atoms with Crippen molar-refractivity contribution in [2.24, 2.45) is 0 Å². The molecule has 0 saturated carbocycles. The molecule has 0 spiro atoms. The molecule has 5 heteroatoms. The fourth-order valence-electron chi connectivity index (χ4n) is 3.08. The van der Waals surface area contributed by atoms with Gasteiger partial charge in [0.25, 0.3) is 0 Å². The van der Waals surface area contributed by atoms with Crippen molar-refractivity contribution in [2.75, 3.05) is 27.2 Å². The van der Waals surface area contributed by atoms with Crippen molar-refractivity contribution in [3.05, 3.63) is 34.3 Å². The van der Waals surface area contributed by atoms with E-state index in [1.807, 2.05) is 36.2 Å². The van der Waals surface area contributed by atoms with Gasteiger partial charge in [-0.15, -0.1) is 0 Å². The number of ether oxygens (including phenoxy) is 1. The quantitative estimate of drug-likeness (QED) is 0.711. The molecule has 0 N–H and O–H groups in total. The average Bonchev–Trinajstić information content (AvgIpc) is 2.59. The van der Waals surface area contributed by atoms with Gasteiger partial charge in [-0.2, -0.15) is 0 Å². The lowest BCUT2D eigenvalue weighted by Crippen LogP contribution is -2.47. The summed E-state index contributed by atoms with van der Waals surface area (Å²) >= 11 is 3.45. The highest BCUT2D eigenvalue weighted by atomic mass is 79.9.